The van der Waals surface area contributed by atoms with Crippen molar-refractivity contribution in [1.29, 1.82) is 0 Å². The number of nitrogens with two attached hydrogens (primary N) is 2. The Morgan fingerprint density at radius 1 is 0.788 bits per heavy atom. The van der Waals surface area contributed by atoms with Crippen LogP contribution in [0.5, 0.6) is 0 Å². The molecule has 0 radical (unpaired) electrons. The zero-order valence-electron chi connectivity index (χ0n) is 29.9. The average molecular weight is 812 g/mol. The van der Waals surface area contributed by atoms with Gasteiger partial charge in [0.2, 0.25) is 0 Å². The Morgan fingerprint density at radius 2 is 1.21 bits per heavy atom. The van der Waals surface area contributed by atoms with E-state index in [1.807, 2.05) is 12.1 Å². The number of carbonyl (C=O) groups excluding carboxylic acids is 2. The van der Waals surface area contributed by atoms with Gasteiger partial charge in [-0.15, -0.1) is 12.4 Å². The van der Waals surface area contributed by atoms with Gasteiger partial charge in [-0.25, -0.2) is 9.59 Å². The molecule has 14 heteroatoms. The standard InChI is InChI=1S/C21H29NO2.C13H16BrNO2.C4H6O6.ClH/c1-3-4-5-6-7-8-9-17-10-12-18(13-11-17)19-14-15-21(22,16-19)20(23)24-2;1-17-12(16)13(15)7-6-10(8-13)9-2-4-11(14)5-3-9;5-1(3(7)8)2(6)4(9)10;/h10-13,19H,3-7,14-16,22H2,1-2H3;2-5,10H,6-8,15H2,1H3;1-2,5-6H,(H,7,8)(H,9,10);1H/t19-,21-;10-,13-;1-,2-;/m111./s1. The molecular formula is C38H52BrClN2O10. The van der Waals surface area contributed by atoms with E-state index >= 15 is 0 Å². The predicted octanol–water partition coefficient (Wildman–Crippen LogP) is 5.03. The molecule has 6 atom stereocenters. The zero-order valence-corrected chi connectivity index (χ0v) is 32.3. The van der Waals surface area contributed by atoms with Crippen LogP contribution >= 0.6 is 28.3 Å². The van der Waals surface area contributed by atoms with Crippen LogP contribution in [-0.4, -0.2) is 81.8 Å². The maximum Gasteiger partial charge on any atom is 0.335 e. The van der Waals surface area contributed by atoms with Gasteiger partial charge in [0.25, 0.3) is 0 Å². The minimum absolute atomic E-state index is 0. The second-order valence-corrected chi connectivity index (χ2v) is 13.9. The lowest BCUT2D eigenvalue weighted by molar-refractivity contribution is -0.165. The number of esters is 2. The van der Waals surface area contributed by atoms with Crippen LogP contribution in [0.25, 0.3) is 0 Å². The van der Waals surface area contributed by atoms with Crippen LogP contribution in [0.3, 0.4) is 0 Å². The average Bonchev–Trinajstić information content (AvgIpc) is 3.73. The summed E-state index contributed by atoms with van der Waals surface area (Å²) >= 11 is 3.41. The number of methoxy groups -OCH3 is 2. The van der Waals surface area contributed by atoms with E-state index < -0.39 is 35.2 Å². The van der Waals surface area contributed by atoms with E-state index in [4.69, 9.17) is 41.4 Å². The monoisotopic (exact) mass is 810 g/mol. The van der Waals surface area contributed by atoms with Crippen LogP contribution in [0.2, 0.25) is 0 Å². The van der Waals surface area contributed by atoms with Crippen molar-refractivity contribution in [3.63, 3.8) is 0 Å². The number of halogens is 2. The Morgan fingerprint density at radius 3 is 1.60 bits per heavy atom. The lowest BCUT2D eigenvalue weighted by atomic mass is 9.92. The van der Waals surface area contributed by atoms with Crippen LogP contribution in [0.4, 0.5) is 0 Å². The molecule has 0 unspecified atom stereocenters. The van der Waals surface area contributed by atoms with Gasteiger partial charge in [0.1, 0.15) is 11.1 Å². The number of carboxylic acids is 2. The molecule has 8 N–H and O–H groups in total. The molecule has 52 heavy (non-hydrogen) atoms. The molecule has 12 nitrogen and oxygen atoms in total. The van der Waals surface area contributed by atoms with Gasteiger partial charge in [0.05, 0.1) is 14.2 Å². The molecule has 2 aromatic rings. The lowest BCUT2D eigenvalue weighted by Gasteiger charge is -2.20. The normalized spacial score (nSPS) is 22.7. The van der Waals surface area contributed by atoms with Gasteiger partial charge < -0.3 is 41.4 Å². The summed E-state index contributed by atoms with van der Waals surface area (Å²) in [5.41, 5.74) is 14.2. The molecule has 0 saturated heterocycles. The molecule has 0 aromatic heterocycles. The van der Waals surface area contributed by atoms with Crippen LogP contribution in [0.1, 0.15) is 106 Å². The van der Waals surface area contributed by atoms with Crippen molar-refractivity contribution in [2.24, 2.45) is 11.5 Å². The number of hydrogen-bond acceptors (Lipinski definition) is 10. The molecule has 2 aromatic carbocycles. The molecule has 0 spiro atoms. The first-order valence-corrected chi connectivity index (χ1v) is 17.8. The minimum Gasteiger partial charge on any atom is -0.479 e. The Hall–Kier alpha value is -3.51. The number of unbranched alkanes of at least 4 members (excludes halogenated alkanes) is 4. The molecule has 0 bridgehead atoms. The fraction of sp³-hybridized carbons (Fsp3) is 0.526. The minimum atomic E-state index is -2.27. The molecule has 0 aliphatic heterocycles. The van der Waals surface area contributed by atoms with Gasteiger partial charge in [-0.2, -0.15) is 0 Å². The van der Waals surface area contributed by atoms with Gasteiger partial charge in [-0.1, -0.05) is 78.2 Å². The Bertz CT molecular complexity index is 1500. The van der Waals surface area contributed by atoms with E-state index in [1.54, 1.807) is 0 Å². The summed E-state index contributed by atoms with van der Waals surface area (Å²) in [6.45, 7) is 2.22. The Labute approximate surface area is 320 Å². The summed E-state index contributed by atoms with van der Waals surface area (Å²) in [5.74, 6) is 3.04. The third-order valence-electron chi connectivity index (χ3n) is 9.20. The third kappa shape index (κ3) is 14.1. The molecule has 2 fully saturated rings. The molecule has 0 amide bonds. The highest BCUT2D eigenvalue weighted by Crippen LogP contribution is 2.41. The first kappa shape index (κ1) is 46.5. The summed E-state index contributed by atoms with van der Waals surface area (Å²) in [5, 5.41) is 32.5. The van der Waals surface area contributed by atoms with Gasteiger partial charge in [-0.05, 0) is 92.2 Å². The maximum atomic E-state index is 11.8. The third-order valence-corrected chi connectivity index (χ3v) is 9.73. The number of aliphatic hydroxyl groups is 2. The van der Waals surface area contributed by atoms with Crippen molar-refractivity contribution in [2.45, 2.75) is 113 Å². The smallest absolute Gasteiger partial charge is 0.335 e. The Balaban J connectivity index is 0.000000422. The number of ether oxygens (including phenoxy) is 2. The van der Waals surface area contributed by atoms with E-state index in [9.17, 15) is 19.2 Å². The van der Waals surface area contributed by atoms with Gasteiger partial charge in [0, 0.05) is 16.5 Å². The van der Waals surface area contributed by atoms with Crippen LogP contribution < -0.4 is 11.5 Å². The molecule has 288 valence electrons. The van der Waals surface area contributed by atoms with E-state index in [0.29, 0.717) is 37.5 Å². The predicted molar refractivity (Wildman–Crippen MR) is 202 cm³/mol. The molecular weight excluding hydrogens is 760 g/mol. The summed E-state index contributed by atoms with van der Waals surface area (Å²) in [4.78, 5) is 43.0. The summed E-state index contributed by atoms with van der Waals surface area (Å²) < 4.78 is 10.7. The van der Waals surface area contributed by atoms with Crippen molar-refractivity contribution >= 4 is 52.2 Å². The fourth-order valence-corrected chi connectivity index (χ4v) is 6.41. The Kier molecular flexibility index (Phi) is 20.2. The summed E-state index contributed by atoms with van der Waals surface area (Å²) in [7, 11) is 2.80. The topological polar surface area (TPSA) is 220 Å². The van der Waals surface area contributed by atoms with Crippen molar-refractivity contribution in [2.75, 3.05) is 14.2 Å². The van der Waals surface area contributed by atoms with Crippen molar-refractivity contribution in [3.8, 4) is 11.8 Å². The van der Waals surface area contributed by atoms with Gasteiger partial charge in [0.15, 0.2) is 12.2 Å². The van der Waals surface area contributed by atoms with Crippen LogP contribution in [0, 0.1) is 11.8 Å². The van der Waals surface area contributed by atoms with Crippen molar-refractivity contribution in [1.82, 2.24) is 0 Å². The lowest BCUT2D eigenvalue weighted by Crippen LogP contribution is -2.46. The zero-order chi connectivity index (χ0) is 38.2. The highest BCUT2D eigenvalue weighted by atomic mass is 79.9. The number of carboxylic acid groups (broad SMARTS) is 2. The van der Waals surface area contributed by atoms with E-state index in [2.05, 4.69) is 71.1 Å². The highest BCUT2D eigenvalue weighted by molar-refractivity contribution is 9.10. The van der Waals surface area contributed by atoms with E-state index in [1.165, 1.54) is 51.0 Å². The molecule has 0 heterocycles. The highest BCUT2D eigenvalue weighted by Gasteiger charge is 2.44. The van der Waals surface area contributed by atoms with Crippen molar-refractivity contribution < 1.29 is 49.1 Å². The number of aliphatic hydroxyl groups excluding tert-OH is 2. The first-order chi connectivity index (χ1) is 24.1. The fourth-order valence-electron chi connectivity index (χ4n) is 6.15. The maximum absolute atomic E-state index is 11.8. The van der Waals surface area contributed by atoms with E-state index in [0.717, 1.165) is 29.3 Å². The molecule has 2 aliphatic rings. The quantitative estimate of drug-likeness (QED) is 0.100. The molecule has 2 saturated carbocycles. The van der Waals surface area contributed by atoms with E-state index in [-0.39, 0.29) is 24.3 Å². The number of rotatable bonds is 11. The number of hydrogen-bond donors (Lipinski definition) is 6. The summed E-state index contributed by atoms with van der Waals surface area (Å²) in [6.07, 6.45) is 6.02. The second-order valence-electron chi connectivity index (χ2n) is 13.0. The number of aliphatic carboxylic acids is 2. The molecule has 2 aliphatic carbocycles. The number of benzene rings is 2. The van der Waals surface area contributed by atoms with Gasteiger partial charge in [-0.3, -0.25) is 9.59 Å². The van der Waals surface area contributed by atoms with Crippen LogP contribution in [-0.2, 0) is 28.7 Å². The summed E-state index contributed by atoms with van der Waals surface area (Å²) in [6, 6.07) is 16.6. The van der Waals surface area contributed by atoms with Crippen molar-refractivity contribution in [3.05, 3.63) is 69.7 Å². The van der Waals surface area contributed by atoms with Crippen LogP contribution in [0.15, 0.2) is 53.0 Å². The first-order valence-electron chi connectivity index (χ1n) is 17.0. The largest absolute Gasteiger partial charge is 0.479 e. The SMILES string of the molecule is CCCCCCC#Cc1ccc([C@@H]2CC[C@](N)(C(=O)OC)C2)cc1.COC(=O)[C@@]1(N)CC[C@@H](c2ccc(Br)cc2)C1.Cl.O=C(O)[C@H](O)[C@@H](O)C(=O)O. The molecule has 4 rings (SSSR count). The number of carbonyl (C=O) groups is 4. The second kappa shape index (κ2) is 22.5. The van der Waals surface area contributed by atoms with Gasteiger partial charge >= 0.3 is 23.9 Å².